The molecule has 3 aliphatic rings. The first kappa shape index (κ1) is 27.4. The summed E-state index contributed by atoms with van der Waals surface area (Å²) in [5.74, 6) is 0.799. The van der Waals surface area contributed by atoms with E-state index in [1.807, 2.05) is 29.8 Å². The minimum atomic E-state index is -3.69. The molecule has 0 radical (unpaired) electrons. The highest BCUT2D eigenvalue weighted by Crippen LogP contribution is 2.38. The normalized spacial score (nSPS) is 23.9. The van der Waals surface area contributed by atoms with Gasteiger partial charge in [-0.1, -0.05) is 30.3 Å². The number of hydrogen-bond acceptors (Lipinski definition) is 5. The number of rotatable bonds is 8. The Bertz CT molecular complexity index is 1470. The van der Waals surface area contributed by atoms with Crippen LogP contribution in [-0.2, 0) is 37.9 Å². The molecular weight excluding hydrogens is 526 g/mol. The maximum atomic E-state index is 13.4. The average Bonchev–Trinajstić information content (AvgIpc) is 3.77. The zero-order chi connectivity index (χ0) is 27.9. The molecule has 9 heteroatoms. The van der Waals surface area contributed by atoms with Crippen molar-refractivity contribution in [1.82, 2.24) is 14.2 Å². The third-order valence-corrected chi connectivity index (χ3v) is 10.4. The largest absolute Gasteiger partial charge is 0.380 e. The summed E-state index contributed by atoms with van der Waals surface area (Å²) in [6.07, 6.45) is 5.13. The Morgan fingerprint density at radius 1 is 1.02 bits per heavy atom. The van der Waals surface area contributed by atoms with Gasteiger partial charge >= 0.3 is 0 Å². The molecule has 1 N–H and O–H groups in total. The molecule has 2 saturated carbocycles. The number of amides is 1. The molecule has 3 aromatic rings. The van der Waals surface area contributed by atoms with Gasteiger partial charge in [0.25, 0.3) is 0 Å². The molecule has 1 atom stereocenters. The minimum absolute atomic E-state index is 0.0261. The van der Waals surface area contributed by atoms with E-state index in [9.17, 15) is 13.2 Å². The van der Waals surface area contributed by atoms with Gasteiger partial charge in [-0.2, -0.15) is 0 Å². The Hall–Kier alpha value is -2.72. The summed E-state index contributed by atoms with van der Waals surface area (Å²) >= 11 is 0. The lowest BCUT2D eigenvalue weighted by molar-refractivity contribution is -0.146. The summed E-state index contributed by atoms with van der Waals surface area (Å²) < 4.78 is 42.6. The number of aromatic nitrogens is 1. The second-order valence-corrected chi connectivity index (χ2v) is 13.3. The number of aryl methyl sites for hydroxylation is 1. The molecule has 1 saturated heterocycles. The Morgan fingerprint density at radius 3 is 2.48 bits per heavy atom. The predicted octanol–water partition coefficient (Wildman–Crippen LogP) is 4.47. The van der Waals surface area contributed by atoms with Crippen LogP contribution in [0, 0.1) is 11.8 Å². The van der Waals surface area contributed by atoms with Gasteiger partial charge in [-0.05, 0) is 73.8 Å². The minimum Gasteiger partial charge on any atom is -0.380 e. The summed E-state index contributed by atoms with van der Waals surface area (Å²) in [7, 11) is -0.0499. The maximum Gasteiger partial charge on any atom is 0.240 e. The van der Waals surface area contributed by atoms with Crippen molar-refractivity contribution >= 4 is 26.8 Å². The van der Waals surface area contributed by atoms with E-state index < -0.39 is 10.0 Å². The molecule has 1 aliphatic heterocycles. The van der Waals surface area contributed by atoms with E-state index in [1.165, 1.54) is 12.8 Å². The molecule has 1 amide bonds. The first-order valence-electron chi connectivity index (χ1n) is 14.4. The number of carbonyl (C=O) groups is 1. The number of fused-ring (bicyclic) bond motifs is 1. The van der Waals surface area contributed by atoms with Crippen LogP contribution in [-0.4, -0.2) is 62.7 Å². The molecule has 40 heavy (non-hydrogen) atoms. The van der Waals surface area contributed by atoms with Gasteiger partial charge in [0.2, 0.25) is 15.9 Å². The number of benzene rings is 2. The summed E-state index contributed by atoms with van der Waals surface area (Å²) in [4.78, 5) is 15.7. The molecule has 2 aliphatic carbocycles. The van der Waals surface area contributed by atoms with E-state index in [2.05, 4.69) is 27.8 Å². The molecule has 0 bridgehead atoms. The number of methoxy groups -OCH3 is 1. The topological polar surface area (TPSA) is 89.9 Å². The lowest BCUT2D eigenvalue weighted by Gasteiger charge is -2.39. The molecule has 0 unspecified atom stereocenters. The summed E-state index contributed by atoms with van der Waals surface area (Å²) in [6.45, 7) is 2.50. The van der Waals surface area contributed by atoms with Crippen LogP contribution in [0.25, 0.3) is 22.2 Å². The van der Waals surface area contributed by atoms with Crippen LogP contribution in [0.2, 0.25) is 0 Å². The van der Waals surface area contributed by atoms with Crippen molar-refractivity contribution in [2.24, 2.45) is 18.9 Å². The van der Waals surface area contributed by atoms with E-state index in [0.717, 1.165) is 27.7 Å². The van der Waals surface area contributed by atoms with Gasteiger partial charge in [0.05, 0.1) is 30.8 Å². The molecule has 2 heterocycles. The summed E-state index contributed by atoms with van der Waals surface area (Å²) in [6, 6.07) is 15.7. The van der Waals surface area contributed by atoms with Crippen molar-refractivity contribution in [1.29, 1.82) is 0 Å². The lowest BCUT2D eigenvalue weighted by atomic mass is 9.85. The van der Waals surface area contributed by atoms with E-state index in [-0.39, 0.29) is 28.8 Å². The maximum absolute atomic E-state index is 13.4. The molecule has 2 aromatic carbocycles. The second-order valence-electron chi connectivity index (χ2n) is 11.6. The van der Waals surface area contributed by atoms with Crippen LogP contribution in [0.4, 0.5) is 0 Å². The Labute approximate surface area is 236 Å². The molecule has 8 nitrogen and oxygen atoms in total. The number of hydrogen-bond donors (Lipinski definition) is 1. The Balaban J connectivity index is 1.11. The fourth-order valence-corrected chi connectivity index (χ4v) is 7.77. The molecule has 3 fully saturated rings. The van der Waals surface area contributed by atoms with Crippen LogP contribution < -0.4 is 4.72 Å². The van der Waals surface area contributed by atoms with Gasteiger partial charge in [-0.15, -0.1) is 0 Å². The van der Waals surface area contributed by atoms with Crippen molar-refractivity contribution < 1.29 is 22.7 Å². The molecule has 6 rings (SSSR count). The zero-order valence-electron chi connectivity index (χ0n) is 23.3. The monoisotopic (exact) mass is 565 g/mol. The highest BCUT2D eigenvalue weighted by atomic mass is 32.2. The predicted molar refractivity (Wildman–Crippen MR) is 154 cm³/mol. The first-order valence-corrected chi connectivity index (χ1v) is 15.9. The van der Waals surface area contributed by atoms with Crippen LogP contribution in [0.5, 0.6) is 0 Å². The first-order chi connectivity index (χ1) is 19.3. The standard InChI is InChI=1S/C31H39N3O5S/c1-33-28(22-5-3-21(4-6-22)19-38-2)17-25-11-14-27(18-29(25)33)40(36,37)32-26-12-9-24(10-13-26)31(35)34-15-16-39-20-30(34)23-7-8-23/h3-6,11,14,17-18,23-24,26,30,32H,7-10,12-13,15-16,19-20H2,1-2H3/t24-,26-,30-/m1/s1. The fraction of sp³-hybridized carbons (Fsp3) is 0.516. The summed E-state index contributed by atoms with van der Waals surface area (Å²) in [5.41, 5.74) is 4.05. The SMILES string of the molecule is COCc1ccc(-c2cc3ccc(S(=O)(=O)N[C@H]4CC[C@H](C(=O)N5CCOC[C@@H]5C5CC5)CC4)cc3n2C)cc1. The number of carbonyl (C=O) groups excluding carboxylic acids is 1. The fourth-order valence-electron chi connectivity index (χ4n) is 6.44. The third-order valence-electron chi connectivity index (χ3n) is 8.90. The molecule has 0 spiro atoms. The van der Waals surface area contributed by atoms with Crippen molar-refractivity contribution in [2.75, 3.05) is 26.9 Å². The van der Waals surface area contributed by atoms with Crippen molar-refractivity contribution in [3.8, 4) is 11.3 Å². The van der Waals surface area contributed by atoms with Gasteiger partial charge in [0.15, 0.2) is 0 Å². The van der Waals surface area contributed by atoms with E-state index in [0.29, 0.717) is 58.0 Å². The Morgan fingerprint density at radius 2 is 1.77 bits per heavy atom. The van der Waals surface area contributed by atoms with Gasteiger partial charge < -0.3 is 18.9 Å². The van der Waals surface area contributed by atoms with Crippen LogP contribution in [0.1, 0.15) is 44.1 Å². The number of sulfonamides is 1. The van der Waals surface area contributed by atoms with E-state index >= 15 is 0 Å². The lowest BCUT2D eigenvalue weighted by Crippen LogP contribution is -2.52. The van der Waals surface area contributed by atoms with E-state index in [4.69, 9.17) is 9.47 Å². The third kappa shape index (κ3) is 5.57. The smallest absolute Gasteiger partial charge is 0.240 e. The number of nitrogens with one attached hydrogen (secondary N) is 1. The Kier molecular flexibility index (Phi) is 7.74. The van der Waals surface area contributed by atoms with Crippen molar-refractivity contribution in [3.05, 3.63) is 54.1 Å². The summed E-state index contributed by atoms with van der Waals surface area (Å²) in [5, 5.41) is 0.990. The van der Waals surface area contributed by atoms with Crippen LogP contribution in [0.15, 0.2) is 53.4 Å². The zero-order valence-corrected chi connectivity index (χ0v) is 24.2. The highest BCUT2D eigenvalue weighted by Gasteiger charge is 2.41. The van der Waals surface area contributed by atoms with Crippen LogP contribution >= 0.6 is 0 Å². The quantitative estimate of drug-likeness (QED) is 0.436. The number of nitrogens with zero attached hydrogens (tertiary/aromatic N) is 2. The molecule has 214 valence electrons. The number of ether oxygens (including phenoxy) is 2. The molecular formula is C31H39N3O5S. The van der Waals surface area contributed by atoms with Crippen LogP contribution in [0.3, 0.4) is 0 Å². The van der Waals surface area contributed by atoms with Crippen molar-refractivity contribution in [2.45, 2.75) is 62.1 Å². The average molecular weight is 566 g/mol. The van der Waals surface area contributed by atoms with Gasteiger partial charge in [0, 0.05) is 49.3 Å². The van der Waals surface area contributed by atoms with Gasteiger partial charge in [-0.25, -0.2) is 13.1 Å². The second kappa shape index (κ2) is 11.3. The number of morpholine rings is 1. The van der Waals surface area contributed by atoms with Gasteiger partial charge in [0.1, 0.15) is 0 Å². The van der Waals surface area contributed by atoms with E-state index in [1.54, 1.807) is 19.2 Å². The van der Waals surface area contributed by atoms with Crippen molar-refractivity contribution in [3.63, 3.8) is 0 Å². The van der Waals surface area contributed by atoms with Gasteiger partial charge in [-0.3, -0.25) is 4.79 Å². The highest BCUT2D eigenvalue weighted by molar-refractivity contribution is 7.89. The molecule has 1 aromatic heterocycles.